The van der Waals surface area contributed by atoms with Crippen LogP contribution in [0, 0.1) is 0 Å². The van der Waals surface area contributed by atoms with Crippen LogP contribution in [0.5, 0.6) is 0 Å². The van der Waals surface area contributed by atoms with Gasteiger partial charge in [0.2, 0.25) is 5.91 Å². The highest BCUT2D eigenvalue weighted by atomic mass is 16.2. The molecule has 2 heterocycles. The second kappa shape index (κ2) is 5.13. The Morgan fingerprint density at radius 3 is 2.89 bits per heavy atom. The first-order valence-electron chi connectivity index (χ1n) is 5.85. The van der Waals surface area contributed by atoms with Gasteiger partial charge in [0.05, 0.1) is 37.6 Å². The van der Waals surface area contributed by atoms with Gasteiger partial charge in [0.15, 0.2) is 0 Å². The lowest BCUT2D eigenvalue weighted by atomic mass is 10.2. The van der Waals surface area contributed by atoms with E-state index in [1.165, 1.54) is 4.90 Å². The Morgan fingerprint density at radius 1 is 1.50 bits per heavy atom. The van der Waals surface area contributed by atoms with Crippen LogP contribution in [0.25, 0.3) is 0 Å². The lowest BCUT2D eigenvalue weighted by molar-refractivity contribution is -0.125. The maximum Gasteiger partial charge on any atom is 0.324 e. The number of carbonyl (C=O) groups excluding carboxylic acids is 2. The largest absolute Gasteiger partial charge is 0.329 e. The zero-order valence-electron chi connectivity index (χ0n) is 10.2. The Balaban J connectivity index is 1.92. The zero-order chi connectivity index (χ0) is 13.1. The number of carbonyl (C=O) groups is 2. The predicted molar refractivity (Wildman–Crippen MR) is 62.4 cm³/mol. The molecule has 18 heavy (non-hydrogen) atoms. The summed E-state index contributed by atoms with van der Waals surface area (Å²) in [5, 5.41) is 10.3. The molecule has 1 unspecified atom stereocenters. The second-order valence-electron chi connectivity index (χ2n) is 4.13. The van der Waals surface area contributed by atoms with Gasteiger partial charge in [0.25, 0.3) is 0 Å². The van der Waals surface area contributed by atoms with Gasteiger partial charge < -0.3 is 11.1 Å². The Hall–Kier alpha value is -1.96. The molecule has 3 amide bonds. The van der Waals surface area contributed by atoms with Crippen LogP contribution in [0.15, 0.2) is 6.20 Å². The van der Waals surface area contributed by atoms with E-state index < -0.39 is 0 Å². The van der Waals surface area contributed by atoms with Crippen molar-refractivity contribution in [3.05, 3.63) is 11.9 Å². The molecule has 0 bridgehead atoms. The number of urea groups is 1. The van der Waals surface area contributed by atoms with Crippen LogP contribution in [0.1, 0.15) is 25.1 Å². The van der Waals surface area contributed by atoms with Crippen molar-refractivity contribution in [2.75, 3.05) is 13.1 Å². The van der Waals surface area contributed by atoms with Gasteiger partial charge in [-0.2, -0.15) is 0 Å². The molecule has 98 valence electrons. The summed E-state index contributed by atoms with van der Waals surface area (Å²) < 4.78 is 1.59. The highest BCUT2D eigenvalue weighted by Crippen LogP contribution is 2.09. The summed E-state index contributed by atoms with van der Waals surface area (Å²) >= 11 is 0. The third-order valence-electron chi connectivity index (χ3n) is 2.87. The second-order valence-corrected chi connectivity index (χ2v) is 4.13. The van der Waals surface area contributed by atoms with Gasteiger partial charge >= 0.3 is 6.03 Å². The molecule has 1 fully saturated rings. The van der Waals surface area contributed by atoms with Crippen LogP contribution in [0.4, 0.5) is 4.79 Å². The third-order valence-corrected chi connectivity index (χ3v) is 2.87. The summed E-state index contributed by atoms with van der Waals surface area (Å²) in [5.74, 6) is -0.217. The number of aromatic nitrogens is 3. The molecule has 0 aliphatic carbocycles. The van der Waals surface area contributed by atoms with Gasteiger partial charge in [-0.05, 0) is 6.42 Å². The average molecular weight is 252 g/mol. The van der Waals surface area contributed by atoms with Crippen LogP contribution < -0.4 is 11.1 Å². The molecule has 0 radical (unpaired) electrons. The van der Waals surface area contributed by atoms with Gasteiger partial charge in [0, 0.05) is 0 Å². The number of hydrogen-bond acceptors (Lipinski definition) is 5. The van der Waals surface area contributed by atoms with Crippen molar-refractivity contribution in [2.24, 2.45) is 5.73 Å². The van der Waals surface area contributed by atoms with Crippen molar-refractivity contribution >= 4 is 11.9 Å². The predicted octanol–water partition coefficient (Wildman–Crippen LogP) is -0.760. The number of nitrogens with zero attached hydrogens (tertiary/aromatic N) is 4. The third kappa shape index (κ3) is 2.48. The monoisotopic (exact) mass is 252 g/mol. The molecule has 8 heteroatoms. The molecule has 0 saturated carbocycles. The van der Waals surface area contributed by atoms with Gasteiger partial charge in [0.1, 0.15) is 0 Å². The zero-order valence-corrected chi connectivity index (χ0v) is 10.2. The maximum absolute atomic E-state index is 11.3. The van der Waals surface area contributed by atoms with E-state index in [1.54, 1.807) is 10.9 Å². The van der Waals surface area contributed by atoms with Crippen molar-refractivity contribution in [3.63, 3.8) is 0 Å². The number of rotatable bonds is 5. The van der Waals surface area contributed by atoms with Crippen molar-refractivity contribution < 1.29 is 9.59 Å². The number of imide groups is 1. The molecular formula is C10H16N6O2. The van der Waals surface area contributed by atoms with E-state index in [9.17, 15) is 9.59 Å². The molecule has 0 spiro atoms. The maximum atomic E-state index is 11.3. The van der Waals surface area contributed by atoms with Crippen LogP contribution in [0.2, 0.25) is 0 Å². The summed E-state index contributed by atoms with van der Waals surface area (Å²) in [6, 6.07) is -0.485. The van der Waals surface area contributed by atoms with Crippen molar-refractivity contribution in [3.8, 4) is 0 Å². The molecule has 8 nitrogen and oxygen atoms in total. The summed E-state index contributed by atoms with van der Waals surface area (Å²) in [5.41, 5.74) is 6.54. The topological polar surface area (TPSA) is 106 Å². The summed E-state index contributed by atoms with van der Waals surface area (Å²) in [7, 11) is 0. The minimum absolute atomic E-state index is 0.0716. The number of amides is 3. The molecule has 1 aliphatic rings. The Kier molecular flexibility index (Phi) is 3.56. The van der Waals surface area contributed by atoms with Crippen LogP contribution >= 0.6 is 0 Å². The average Bonchev–Trinajstić information content (AvgIpc) is 2.95. The SMILES string of the molecule is CCC(N)c1cn(CCN2C(=O)CNC2=O)nn1. The standard InChI is InChI=1S/C10H16N6O2/c1-2-7(11)8-6-15(14-13-8)3-4-16-9(17)5-12-10(16)18/h6-7H,2-5,11H2,1H3,(H,12,18). The van der Waals surface area contributed by atoms with Crippen molar-refractivity contribution in [1.29, 1.82) is 0 Å². The summed E-state index contributed by atoms with van der Waals surface area (Å²) in [6.45, 7) is 2.75. The van der Waals surface area contributed by atoms with Crippen molar-refractivity contribution in [2.45, 2.75) is 25.9 Å². The molecule has 3 N–H and O–H groups in total. The Morgan fingerprint density at radius 2 is 2.28 bits per heavy atom. The molecule has 0 aromatic carbocycles. The van der Waals surface area contributed by atoms with Gasteiger partial charge in [-0.3, -0.25) is 14.4 Å². The number of hydrogen-bond donors (Lipinski definition) is 2. The lowest BCUT2D eigenvalue weighted by Crippen LogP contribution is -2.33. The fourth-order valence-electron chi connectivity index (χ4n) is 1.69. The minimum atomic E-state index is -0.356. The van der Waals surface area contributed by atoms with Crippen molar-refractivity contribution in [1.82, 2.24) is 25.2 Å². The summed E-state index contributed by atoms with van der Waals surface area (Å²) in [4.78, 5) is 23.8. The van der Waals surface area contributed by atoms with E-state index in [0.717, 1.165) is 12.1 Å². The highest BCUT2D eigenvalue weighted by molar-refractivity contribution is 6.01. The quantitative estimate of drug-likeness (QED) is 0.670. The lowest BCUT2D eigenvalue weighted by Gasteiger charge is -2.11. The molecule has 1 aromatic heterocycles. The first-order chi connectivity index (χ1) is 8.61. The Labute approximate surface area is 104 Å². The number of nitrogens with one attached hydrogen (secondary N) is 1. The van der Waals surface area contributed by atoms with E-state index in [2.05, 4.69) is 15.6 Å². The molecule has 1 saturated heterocycles. The van der Waals surface area contributed by atoms with E-state index in [4.69, 9.17) is 5.73 Å². The van der Waals surface area contributed by atoms with Gasteiger partial charge in [-0.25, -0.2) is 4.79 Å². The first-order valence-corrected chi connectivity index (χ1v) is 5.85. The fraction of sp³-hybridized carbons (Fsp3) is 0.600. The fourth-order valence-corrected chi connectivity index (χ4v) is 1.69. The van der Waals surface area contributed by atoms with E-state index in [0.29, 0.717) is 6.54 Å². The van der Waals surface area contributed by atoms with E-state index >= 15 is 0 Å². The van der Waals surface area contributed by atoms with Crippen LogP contribution in [-0.4, -0.2) is 44.9 Å². The van der Waals surface area contributed by atoms with Crippen LogP contribution in [-0.2, 0) is 11.3 Å². The summed E-state index contributed by atoms with van der Waals surface area (Å²) in [6.07, 6.45) is 2.53. The smallest absolute Gasteiger partial charge is 0.324 e. The molecule has 1 aromatic rings. The molecule has 1 atom stereocenters. The molecular weight excluding hydrogens is 236 g/mol. The highest BCUT2D eigenvalue weighted by Gasteiger charge is 2.27. The minimum Gasteiger partial charge on any atom is -0.329 e. The molecule has 2 rings (SSSR count). The van der Waals surface area contributed by atoms with E-state index in [1.807, 2.05) is 6.92 Å². The normalized spacial score (nSPS) is 17.1. The molecule has 1 aliphatic heterocycles. The number of nitrogens with two attached hydrogens (primary N) is 1. The van der Waals surface area contributed by atoms with Gasteiger partial charge in [-0.1, -0.05) is 12.1 Å². The Bertz CT molecular complexity index is 441. The van der Waals surface area contributed by atoms with Gasteiger partial charge in [-0.15, -0.1) is 5.10 Å². The first kappa shape index (κ1) is 12.5. The van der Waals surface area contributed by atoms with Crippen LogP contribution in [0.3, 0.4) is 0 Å². The van der Waals surface area contributed by atoms with E-state index in [-0.39, 0.29) is 31.1 Å².